The minimum atomic E-state index is -0.571. The first kappa shape index (κ1) is 29.1. The molecular formula is C17H30O10. The summed E-state index contributed by atoms with van der Waals surface area (Å²) in [5, 5.41) is 0. The molecule has 0 fully saturated rings. The van der Waals surface area contributed by atoms with Crippen LogP contribution in [0.5, 0.6) is 0 Å². The van der Waals surface area contributed by atoms with E-state index in [-0.39, 0.29) is 31.8 Å². The minimum absolute atomic E-state index is 0.123. The highest BCUT2D eigenvalue weighted by Crippen LogP contribution is 1.88. The smallest absolute Gasteiger partial charge is 0.317 e. The van der Waals surface area contributed by atoms with E-state index in [1.807, 2.05) is 6.92 Å². The Kier molecular flexibility index (Phi) is 23.1. The number of esters is 5. The summed E-state index contributed by atoms with van der Waals surface area (Å²) in [6.07, 6.45) is 1.40. The fourth-order valence-corrected chi connectivity index (χ4v) is 0.988. The second-order valence-electron chi connectivity index (χ2n) is 4.51. The van der Waals surface area contributed by atoms with Crippen LogP contribution in [0.1, 0.15) is 53.4 Å². The van der Waals surface area contributed by atoms with E-state index in [0.717, 1.165) is 6.42 Å². The number of ether oxygens (including phenoxy) is 5. The van der Waals surface area contributed by atoms with Crippen molar-refractivity contribution < 1.29 is 47.7 Å². The average molecular weight is 394 g/mol. The largest absolute Gasteiger partial charge is 0.469 e. The van der Waals surface area contributed by atoms with Crippen LogP contribution in [0.15, 0.2) is 0 Å². The first-order valence-electron chi connectivity index (χ1n) is 8.26. The van der Waals surface area contributed by atoms with Crippen LogP contribution in [0, 0.1) is 0 Å². The normalized spacial score (nSPS) is 8.52. The molecule has 158 valence electrons. The minimum Gasteiger partial charge on any atom is -0.469 e. The van der Waals surface area contributed by atoms with E-state index < -0.39 is 17.9 Å². The molecule has 0 unspecified atom stereocenters. The number of hydrogen-bond acceptors (Lipinski definition) is 10. The van der Waals surface area contributed by atoms with Crippen molar-refractivity contribution in [3.8, 4) is 0 Å². The van der Waals surface area contributed by atoms with Gasteiger partial charge in [0.2, 0.25) is 6.79 Å². The van der Waals surface area contributed by atoms with Crippen molar-refractivity contribution in [1.82, 2.24) is 0 Å². The Morgan fingerprint density at radius 2 is 1.26 bits per heavy atom. The molecule has 0 atom stereocenters. The fourth-order valence-electron chi connectivity index (χ4n) is 0.988. The highest BCUT2D eigenvalue weighted by Gasteiger charge is 2.08. The Morgan fingerprint density at radius 3 is 1.59 bits per heavy atom. The van der Waals surface area contributed by atoms with Crippen LogP contribution >= 0.6 is 0 Å². The maximum absolute atomic E-state index is 10.5. The Bertz CT molecular complexity index is 445. The number of methoxy groups -OCH3 is 2. The molecule has 0 N–H and O–H groups in total. The first-order chi connectivity index (χ1) is 12.7. The first-order valence-corrected chi connectivity index (χ1v) is 8.26. The van der Waals surface area contributed by atoms with Crippen molar-refractivity contribution in [2.75, 3.05) is 27.6 Å². The van der Waals surface area contributed by atoms with Crippen molar-refractivity contribution in [2.24, 2.45) is 0 Å². The lowest BCUT2D eigenvalue weighted by atomic mass is 10.3. The van der Waals surface area contributed by atoms with Gasteiger partial charge < -0.3 is 23.7 Å². The summed E-state index contributed by atoms with van der Waals surface area (Å²) in [6, 6.07) is 0. The van der Waals surface area contributed by atoms with E-state index in [4.69, 9.17) is 0 Å². The molecule has 0 saturated heterocycles. The maximum Gasteiger partial charge on any atom is 0.317 e. The molecule has 0 aliphatic rings. The summed E-state index contributed by atoms with van der Waals surface area (Å²) in [5.41, 5.74) is 0. The summed E-state index contributed by atoms with van der Waals surface area (Å²) in [6.45, 7) is 6.54. The van der Waals surface area contributed by atoms with Crippen LogP contribution in [0.2, 0.25) is 0 Å². The van der Waals surface area contributed by atoms with Gasteiger partial charge >= 0.3 is 29.8 Å². The zero-order valence-electron chi connectivity index (χ0n) is 16.8. The Morgan fingerprint density at radius 1 is 0.704 bits per heavy atom. The van der Waals surface area contributed by atoms with Crippen molar-refractivity contribution in [3.63, 3.8) is 0 Å². The SMILES string of the molecule is CCC(=O)OCOC(C)=O.CCCC(=O)OC.CCOC(=O)CC(=O)OC. The lowest BCUT2D eigenvalue weighted by Gasteiger charge is -2.01. The lowest BCUT2D eigenvalue weighted by molar-refractivity contribution is -0.165. The third-order valence-electron chi connectivity index (χ3n) is 2.27. The van der Waals surface area contributed by atoms with Crippen molar-refractivity contribution >= 4 is 29.8 Å². The summed E-state index contributed by atoms with van der Waals surface area (Å²) in [7, 11) is 2.62. The fraction of sp³-hybridized carbons (Fsp3) is 0.706. The van der Waals surface area contributed by atoms with E-state index >= 15 is 0 Å². The summed E-state index contributed by atoms with van der Waals surface area (Å²) < 4.78 is 21.8. The van der Waals surface area contributed by atoms with Gasteiger partial charge in [-0.25, -0.2) is 0 Å². The number of rotatable bonds is 8. The quantitative estimate of drug-likeness (QED) is 0.258. The van der Waals surface area contributed by atoms with Crippen LogP contribution in [0.4, 0.5) is 0 Å². The van der Waals surface area contributed by atoms with Gasteiger partial charge in [0.25, 0.3) is 0 Å². The van der Waals surface area contributed by atoms with Crippen LogP contribution < -0.4 is 0 Å². The van der Waals surface area contributed by atoms with E-state index in [2.05, 4.69) is 23.7 Å². The molecule has 10 heteroatoms. The van der Waals surface area contributed by atoms with Crippen molar-refractivity contribution in [2.45, 2.75) is 53.4 Å². The second-order valence-corrected chi connectivity index (χ2v) is 4.51. The van der Waals surface area contributed by atoms with Crippen LogP contribution in [-0.4, -0.2) is 57.5 Å². The zero-order valence-corrected chi connectivity index (χ0v) is 16.8. The Hall–Kier alpha value is -2.65. The van der Waals surface area contributed by atoms with Gasteiger partial charge in [-0.05, 0) is 13.3 Å². The van der Waals surface area contributed by atoms with Crippen LogP contribution in [0.25, 0.3) is 0 Å². The van der Waals surface area contributed by atoms with Crippen LogP contribution in [-0.2, 0) is 47.7 Å². The molecule has 0 amide bonds. The molecule has 0 aromatic rings. The summed E-state index contributed by atoms with van der Waals surface area (Å²) in [5.74, 6) is -2.07. The maximum atomic E-state index is 10.5. The highest BCUT2D eigenvalue weighted by atomic mass is 16.7. The molecule has 27 heavy (non-hydrogen) atoms. The van der Waals surface area contributed by atoms with E-state index in [1.165, 1.54) is 21.1 Å². The third-order valence-corrected chi connectivity index (χ3v) is 2.27. The van der Waals surface area contributed by atoms with Gasteiger partial charge in [-0.2, -0.15) is 0 Å². The predicted molar refractivity (Wildman–Crippen MR) is 93.2 cm³/mol. The molecule has 10 nitrogen and oxygen atoms in total. The standard InChI is InChI=1S/2C6H10O4.C5H10O2/c1-3-10-6(8)4-5(7)9-2;1-3-6(8)10-4-9-5(2)7;1-3-4-5(6)7-2/h2*3-4H2,1-2H3;3-4H2,1-2H3. The van der Waals surface area contributed by atoms with Gasteiger partial charge in [-0.15, -0.1) is 0 Å². The molecule has 0 radical (unpaired) electrons. The summed E-state index contributed by atoms with van der Waals surface area (Å²) >= 11 is 0. The zero-order chi connectivity index (χ0) is 21.7. The monoisotopic (exact) mass is 394 g/mol. The lowest BCUT2D eigenvalue weighted by Crippen LogP contribution is -2.11. The molecule has 0 bridgehead atoms. The van der Waals surface area contributed by atoms with Gasteiger partial charge in [0.05, 0.1) is 20.8 Å². The molecule has 0 saturated carbocycles. The van der Waals surface area contributed by atoms with Crippen LogP contribution in [0.3, 0.4) is 0 Å². The van der Waals surface area contributed by atoms with Crippen molar-refractivity contribution in [3.05, 3.63) is 0 Å². The average Bonchev–Trinajstić information content (AvgIpc) is 2.62. The number of hydrogen-bond donors (Lipinski definition) is 0. The predicted octanol–water partition coefficient (Wildman–Crippen LogP) is 1.53. The highest BCUT2D eigenvalue weighted by molar-refractivity contribution is 5.91. The molecule has 0 spiro atoms. The van der Waals surface area contributed by atoms with Gasteiger partial charge in [0, 0.05) is 19.8 Å². The summed E-state index contributed by atoms with van der Waals surface area (Å²) in [4.78, 5) is 51.5. The number of carbonyl (C=O) groups is 5. The van der Waals surface area contributed by atoms with E-state index in [1.54, 1.807) is 13.8 Å². The third kappa shape index (κ3) is 28.4. The Labute approximate surface area is 159 Å². The number of carbonyl (C=O) groups excluding carboxylic acids is 5. The molecule has 0 heterocycles. The molecular weight excluding hydrogens is 364 g/mol. The second kappa shape index (κ2) is 21.4. The molecule has 0 aromatic carbocycles. The Balaban J connectivity index is -0.000000326. The van der Waals surface area contributed by atoms with Gasteiger partial charge in [-0.3, -0.25) is 24.0 Å². The van der Waals surface area contributed by atoms with E-state index in [0.29, 0.717) is 12.8 Å². The molecule has 0 aliphatic carbocycles. The molecule has 0 rings (SSSR count). The van der Waals surface area contributed by atoms with Crippen molar-refractivity contribution in [1.29, 1.82) is 0 Å². The van der Waals surface area contributed by atoms with Gasteiger partial charge in [-0.1, -0.05) is 13.8 Å². The van der Waals surface area contributed by atoms with E-state index in [9.17, 15) is 24.0 Å². The molecule has 0 aromatic heterocycles. The van der Waals surface area contributed by atoms with Gasteiger partial charge in [0.1, 0.15) is 6.42 Å². The molecule has 0 aliphatic heterocycles. The topological polar surface area (TPSA) is 132 Å². The van der Waals surface area contributed by atoms with Gasteiger partial charge in [0.15, 0.2) is 0 Å².